The predicted octanol–water partition coefficient (Wildman–Crippen LogP) is 3.95. The fraction of sp³-hybridized carbons (Fsp3) is 0.938. The molecule has 1 N–H and O–H groups in total. The molecule has 0 aromatic heterocycles. The maximum Gasteiger partial charge on any atom is 0.309 e. The van der Waals surface area contributed by atoms with Crippen LogP contribution >= 0.6 is 0 Å². The molecular weight excluding hydrogens is 224 g/mol. The molecule has 3 aliphatic carbocycles. The van der Waals surface area contributed by atoms with Crippen molar-refractivity contribution in [1.29, 1.82) is 0 Å². The Bertz CT molecular complexity index is 400. The summed E-state index contributed by atoms with van der Waals surface area (Å²) in [6.45, 7) is 9.21. The molecule has 0 aromatic carbocycles. The molecule has 3 fully saturated rings. The third-order valence-electron chi connectivity index (χ3n) is 7.34. The van der Waals surface area contributed by atoms with Gasteiger partial charge in [-0.15, -0.1) is 0 Å². The topological polar surface area (TPSA) is 37.3 Å². The van der Waals surface area contributed by atoms with Crippen LogP contribution in [0.15, 0.2) is 0 Å². The second kappa shape index (κ2) is 3.32. The van der Waals surface area contributed by atoms with Crippen LogP contribution in [0.3, 0.4) is 0 Å². The number of carboxylic acids is 1. The molecule has 3 saturated carbocycles. The molecule has 5 atom stereocenters. The summed E-state index contributed by atoms with van der Waals surface area (Å²) in [5, 5.41) is 9.76. The van der Waals surface area contributed by atoms with Crippen molar-refractivity contribution in [2.24, 2.45) is 34.0 Å². The zero-order valence-corrected chi connectivity index (χ0v) is 12.1. The number of hydrogen-bond acceptors (Lipinski definition) is 1. The lowest BCUT2D eigenvalue weighted by Gasteiger charge is -2.45. The predicted molar refractivity (Wildman–Crippen MR) is 71.2 cm³/mol. The highest BCUT2D eigenvalue weighted by Crippen LogP contribution is 2.76. The number of aliphatic carboxylic acids is 1. The highest BCUT2D eigenvalue weighted by atomic mass is 16.4. The standard InChI is InChI=1S/C16H26O2/c1-10-5-8-16-9-11(10)14(2,3)12(16)6-7-15(16,4)13(17)18/h10-12H,5-9H2,1-4H3,(H,17,18)/t10-,11-,12+,15-,16+/m1/s1. The molecule has 3 aliphatic rings. The van der Waals surface area contributed by atoms with Crippen LogP contribution < -0.4 is 0 Å². The van der Waals surface area contributed by atoms with Crippen LogP contribution in [0.4, 0.5) is 0 Å². The van der Waals surface area contributed by atoms with Gasteiger partial charge in [0.15, 0.2) is 0 Å². The van der Waals surface area contributed by atoms with Crippen LogP contribution in [0, 0.1) is 34.0 Å². The summed E-state index contributed by atoms with van der Waals surface area (Å²) in [4.78, 5) is 11.9. The molecular formula is C16H26O2. The molecule has 2 heteroatoms. The van der Waals surface area contributed by atoms with Gasteiger partial charge < -0.3 is 5.11 Å². The smallest absolute Gasteiger partial charge is 0.309 e. The third kappa shape index (κ3) is 1.13. The molecule has 0 aliphatic heterocycles. The molecule has 0 amide bonds. The van der Waals surface area contributed by atoms with Crippen molar-refractivity contribution < 1.29 is 9.90 Å². The molecule has 0 unspecified atom stereocenters. The van der Waals surface area contributed by atoms with Crippen LogP contribution in [-0.4, -0.2) is 11.1 Å². The Balaban J connectivity index is 2.11. The van der Waals surface area contributed by atoms with E-state index in [1.54, 1.807) is 0 Å². The van der Waals surface area contributed by atoms with Crippen LogP contribution in [0.2, 0.25) is 0 Å². The van der Waals surface area contributed by atoms with Crippen LogP contribution in [0.5, 0.6) is 0 Å². The van der Waals surface area contributed by atoms with Gasteiger partial charge in [-0.1, -0.05) is 20.8 Å². The van der Waals surface area contributed by atoms with E-state index in [0.717, 1.165) is 37.5 Å². The highest BCUT2D eigenvalue weighted by molar-refractivity contribution is 5.76. The van der Waals surface area contributed by atoms with Gasteiger partial charge in [0.05, 0.1) is 5.41 Å². The Morgan fingerprint density at radius 3 is 2.44 bits per heavy atom. The van der Waals surface area contributed by atoms with Gasteiger partial charge >= 0.3 is 5.97 Å². The van der Waals surface area contributed by atoms with Crippen molar-refractivity contribution >= 4 is 5.97 Å². The molecule has 18 heavy (non-hydrogen) atoms. The van der Waals surface area contributed by atoms with Gasteiger partial charge in [0.25, 0.3) is 0 Å². The van der Waals surface area contributed by atoms with Gasteiger partial charge in [0.2, 0.25) is 0 Å². The Morgan fingerprint density at radius 2 is 1.83 bits per heavy atom. The minimum Gasteiger partial charge on any atom is -0.481 e. The maximum absolute atomic E-state index is 11.9. The number of fused-ring (bicyclic) bond motifs is 1. The molecule has 3 rings (SSSR count). The molecule has 0 aromatic rings. The summed E-state index contributed by atoms with van der Waals surface area (Å²) in [6, 6.07) is 0. The largest absolute Gasteiger partial charge is 0.481 e. The second-order valence-electron chi connectivity index (χ2n) is 8.03. The lowest BCUT2D eigenvalue weighted by molar-refractivity contribution is -0.157. The Morgan fingerprint density at radius 1 is 1.17 bits per heavy atom. The van der Waals surface area contributed by atoms with Crippen LogP contribution in [0.1, 0.15) is 59.8 Å². The molecule has 0 radical (unpaired) electrons. The van der Waals surface area contributed by atoms with E-state index in [0.29, 0.717) is 11.3 Å². The quantitative estimate of drug-likeness (QED) is 0.765. The van der Waals surface area contributed by atoms with Gasteiger partial charge in [0, 0.05) is 0 Å². The molecule has 0 heterocycles. The number of carboxylic acid groups (broad SMARTS) is 1. The first-order chi connectivity index (χ1) is 8.26. The summed E-state index contributed by atoms with van der Waals surface area (Å²) >= 11 is 0. The first kappa shape index (κ1) is 12.5. The lowest BCUT2D eigenvalue weighted by Crippen LogP contribution is -2.45. The van der Waals surface area contributed by atoms with E-state index < -0.39 is 11.4 Å². The van der Waals surface area contributed by atoms with Crippen LogP contribution in [0.25, 0.3) is 0 Å². The molecule has 2 nitrogen and oxygen atoms in total. The second-order valence-corrected chi connectivity index (χ2v) is 8.03. The number of carbonyl (C=O) groups is 1. The van der Waals surface area contributed by atoms with Crippen molar-refractivity contribution in [3.05, 3.63) is 0 Å². The first-order valence-corrected chi connectivity index (χ1v) is 7.49. The molecule has 1 spiro atoms. The van der Waals surface area contributed by atoms with Crippen molar-refractivity contribution in [2.75, 3.05) is 0 Å². The Labute approximate surface area is 110 Å². The fourth-order valence-electron chi connectivity index (χ4n) is 6.20. The Kier molecular flexibility index (Phi) is 2.30. The summed E-state index contributed by atoms with van der Waals surface area (Å²) < 4.78 is 0. The Hall–Kier alpha value is -0.530. The van der Waals surface area contributed by atoms with E-state index in [4.69, 9.17) is 0 Å². The van der Waals surface area contributed by atoms with Crippen molar-refractivity contribution in [3.63, 3.8) is 0 Å². The summed E-state index contributed by atoms with van der Waals surface area (Å²) in [5.74, 6) is 1.58. The first-order valence-electron chi connectivity index (χ1n) is 7.49. The summed E-state index contributed by atoms with van der Waals surface area (Å²) in [7, 11) is 0. The van der Waals surface area contributed by atoms with Crippen LogP contribution in [-0.2, 0) is 4.79 Å². The van der Waals surface area contributed by atoms with Crippen molar-refractivity contribution in [3.8, 4) is 0 Å². The minimum absolute atomic E-state index is 0.0967. The van der Waals surface area contributed by atoms with E-state index >= 15 is 0 Å². The SMILES string of the molecule is C[C@@H]1CC[C@]23C[C@H]1C(C)(C)[C@@H]2CC[C@]3(C)C(=O)O. The molecule has 0 saturated heterocycles. The third-order valence-corrected chi connectivity index (χ3v) is 7.34. The lowest BCUT2D eigenvalue weighted by atomic mass is 9.58. The zero-order valence-electron chi connectivity index (χ0n) is 12.1. The summed E-state index contributed by atoms with van der Waals surface area (Å²) in [6.07, 6.45) is 5.54. The zero-order chi connectivity index (χ0) is 13.3. The van der Waals surface area contributed by atoms with E-state index in [2.05, 4.69) is 20.8 Å². The average Bonchev–Trinajstić information content (AvgIpc) is 2.67. The highest BCUT2D eigenvalue weighted by Gasteiger charge is 2.71. The number of rotatable bonds is 1. The van der Waals surface area contributed by atoms with E-state index in [9.17, 15) is 9.90 Å². The maximum atomic E-state index is 11.9. The monoisotopic (exact) mass is 250 g/mol. The minimum atomic E-state index is -0.545. The van der Waals surface area contributed by atoms with Crippen molar-refractivity contribution in [1.82, 2.24) is 0 Å². The fourth-order valence-corrected chi connectivity index (χ4v) is 6.20. The van der Waals surface area contributed by atoms with E-state index in [1.807, 2.05) is 6.92 Å². The van der Waals surface area contributed by atoms with Gasteiger partial charge in [-0.05, 0) is 67.6 Å². The van der Waals surface area contributed by atoms with E-state index in [1.165, 1.54) is 6.42 Å². The van der Waals surface area contributed by atoms with Crippen molar-refractivity contribution in [2.45, 2.75) is 59.8 Å². The normalized spacial score (nSPS) is 53.2. The van der Waals surface area contributed by atoms with Gasteiger partial charge in [-0.25, -0.2) is 0 Å². The van der Waals surface area contributed by atoms with E-state index in [-0.39, 0.29) is 5.41 Å². The summed E-state index contributed by atoms with van der Waals surface area (Å²) in [5.41, 5.74) is -0.0353. The molecule has 2 bridgehead atoms. The molecule has 102 valence electrons. The van der Waals surface area contributed by atoms with Gasteiger partial charge in [-0.3, -0.25) is 4.79 Å². The number of hydrogen-bond donors (Lipinski definition) is 1. The van der Waals surface area contributed by atoms with Gasteiger partial charge in [-0.2, -0.15) is 0 Å². The van der Waals surface area contributed by atoms with Gasteiger partial charge in [0.1, 0.15) is 0 Å². The average molecular weight is 250 g/mol.